The van der Waals surface area contributed by atoms with Gasteiger partial charge in [0.15, 0.2) is 0 Å². The van der Waals surface area contributed by atoms with Crippen LogP contribution in [-0.4, -0.2) is 37.0 Å². The number of rotatable bonds is 8. The van der Waals surface area contributed by atoms with Crippen molar-refractivity contribution in [2.75, 3.05) is 30.9 Å². The summed E-state index contributed by atoms with van der Waals surface area (Å²) >= 11 is 2.33. The second-order valence-electron chi connectivity index (χ2n) is 8.85. The molecule has 1 aliphatic rings. The van der Waals surface area contributed by atoms with Crippen LogP contribution in [0, 0.1) is 11.3 Å². The second-order valence-corrected chi connectivity index (χ2v) is 10.7. The molecule has 1 N–H and O–H groups in total. The SMILES string of the molecule is CCNc1ccc(C#N)cc1N=CS/C(C(=O)N(C)Cc1ccccc1)=C1\Sc2ccc(C(F)(F)F)cc2N1C. The number of aliphatic imine (C=N–C) groups is 1. The van der Waals surface area contributed by atoms with E-state index in [1.54, 1.807) is 42.1 Å². The summed E-state index contributed by atoms with van der Waals surface area (Å²) in [5.41, 5.74) is 3.80. The van der Waals surface area contributed by atoms with Crippen molar-refractivity contribution >= 4 is 52.0 Å². The molecule has 0 bridgehead atoms. The molecular weight excluding hydrogens is 555 g/mol. The largest absolute Gasteiger partial charge is 0.416 e. The van der Waals surface area contributed by atoms with Crippen LogP contribution >= 0.6 is 23.5 Å². The highest BCUT2D eigenvalue weighted by atomic mass is 32.2. The van der Waals surface area contributed by atoms with Gasteiger partial charge in [0, 0.05) is 32.1 Å². The number of carbonyl (C=O) groups excluding carboxylic acids is 1. The molecule has 0 aliphatic carbocycles. The Hall–Kier alpha value is -3.88. The van der Waals surface area contributed by atoms with Crippen LogP contribution in [0.3, 0.4) is 0 Å². The number of amides is 1. The Labute approximate surface area is 239 Å². The fraction of sp³-hybridized carbons (Fsp3) is 0.207. The van der Waals surface area contributed by atoms with Gasteiger partial charge in [-0.25, -0.2) is 4.99 Å². The van der Waals surface area contributed by atoms with Crippen molar-refractivity contribution in [2.45, 2.75) is 24.5 Å². The molecule has 11 heteroatoms. The first-order valence-corrected chi connectivity index (χ1v) is 14.0. The first-order valence-electron chi connectivity index (χ1n) is 12.3. The zero-order valence-electron chi connectivity index (χ0n) is 22.0. The topological polar surface area (TPSA) is 71.7 Å². The number of alkyl halides is 3. The molecule has 6 nitrogen and oxygen atoms in total. The predicted octanol–water partition coefficient (Wildman–Crippen LogP) is 7.47. The lowest BCUT2D eigenvalue weighted by Gasteiger charge is -2.22. The van der Waals surface area contributed by atoms with Crippen LogP contribution in [0.5, 0.6) is 0 Å². The Morgan fingerprint density at radius 3 is 2.60 bits per heavy atom. The Kier molecular flexibility index (Phi) is 9.12. The molecule has 0 saturated carbocycles. The summed E-state index contributed by atoms with van der Waals surface area (Å²) in [5, 5.41) is 13.0. The van der Waals surface area contributed by atoms with E-state index in [4.69, 9.17) is 0 Å². The van der Waals surface area contributed by atoms with Crippen molar-refractivity contribution in [1.29, 1.82) is 5.26 Å². The molecule has 0 aromatic heterocycles. The molecular formula is C29H26F3N5OS2. The summed E-state index contributed by atoms with van der Waals surface area (Å²) in [5.74, 6) is -0.295. The van der Waals surface area contributed by atoms with Crippen LogP contribution in [0.4, 0.5) is 30.2 Å². The minimum Gasteiger partial charge on any atom is -0.384 e. The molecule has 40 heavy (non-hydrogen) atoms. The number of thioether (sulfide) groups is 2. The van der Waals surface area contributed by atoms with Gasteiger partial charge in [-0.3, -0.25) is 4.79 Å². The van der Waals surface area contributed by atoms with E-state index >= 15 is 0 Å². The third-order valence-corrected chi connectivity index (χ3v) is 8.19. The lowest BCUT2D eigenvalue weighted by Crippen LogP contribution is -2.29. The minimum atomic E-state index is -4.48. The molecule has 0 atom stereocenters. The third kappa shape index (κ3) is 6.63. The fourth-order valence-corrected chi connectivity index (χ4v) is 6.10. The first kappa shape index (κ1) is 29.1. The molecule has 0 fully saturated rings. The quantitative estimate of drug-likeness (QED) is 0.169. The highest BCUT2D eigenvalue weighted by Crippen LogP contribution is 2.49. The lowest BCUT2D eigenvalue weighted by atomic mass is 10.2. The van der Waals surface area contributed by atoms with E-state index in [1.807, 2.05) is 37.3 Å². The molecule has 1 aliphatic heterocycles. The summed E-state index contributed by atoms with van der Waals surface area (Å²) in [6, 6.07) is 20.3. The van der Waals surface area contributed by atoms with E-state index in [9.17, 15) is 23.2 Å². The predicted molar refractivity (Wildman–Crippen MR) is 157 cm³/mol. The molecule has 0 spiro atoms. The Morgan fingerprint density at radius 1 is 1.18 bits per heavy atom. The van der Waals surface area contributed by atoms with Crippen molar-refractivity contribution in [1.82, 2.24) is 4.90 Å². The van der Waals surface area contributed by atoms with Crippen LogP contribution in [0.2, 0.25) is 0 Å². The van der Waals surface area contributed by atoms with Gasteiger partial charge in [-0.1, -0.05) is 53.9 Å². The summed E-state index contributed by atoms with van der Waals surface area (Å²) in [6.45, 7) is 2.95. The molecule has 206 valence electrons. The maximum atomic E-state index is 13.8. The van der Waals surface area contributed by atoms with Gasteiger partial charge in [0.1, 0.15) is 4.91 Å². The van der Waals surface area contributed by atoms with E-state index in [1.165, 1.54) is 23.4 Å². The van der Waals surface area contributed by atoms with Crippen LogP contribution in [0.25, 0.3) is 0 Å². The number of likely N-dealkylation sites (N-methyl/N-ethyl adjacent to an activating group) is 1. The minimum absolute atomic E-state index is 0.295. The van der Waals surface area contributed by atoms with Crippen molar-refractivity contribution in [3.05, 3.63) is 93.4 Å². The molecule has 1 amide bonds. The summed E-state index contributed by atoms with van der Waals surface area (Å²) in [7, 11) is 3.33. The fourth-order valence-electron chi connectivity index (χ4n) is 4.00. The van der Waals surface area contributed by atoms with Crippen molar-refractivity contribution in [3.8, 4) is 6.07 Å². The van der Waals surface area contributed by atoms with Gasteiger partial charge in [0.2, 0.25) is 0 Å². The zero-order valence-corrected chi connectivity index (χ0v) is 23.6. The molecule has 3 aromatic carbocycles. The number of nitrogens with one attached hydrogen (secondary N) is 1. The third-order valence-electron chi connectivity index (χ3n) is 6.01. The van der Waals surface area contributed by atoms with Gasteiger partial charge in [0.25, 0.3) is 5.91 Å². The normalized spacial score (nSPS) is 14.2. The van der Waals surface area contributed by atoms with Gasteiger partial charge in [-0.05, 0) is 48.9 Å². The van der Waals surface area contributed by atoms with E-state index < -0.39 is 11.7 Å². The van der Waals surface area contributed by atoms with Crippen LogP contribution in [0.1, 0.15) is 23.6 Å². The summed E-state index contributed by atoms with van der Waals surface area (Å²) in [6.07, 6.45) is -4.48. The van der Waals surface area contributed by atoms with Gasteiger partial charge >= 0.3 is 6.18 Å². The standard InChI is InChI=1S/C29H26F3N5OS2/c1-4-34-22-12-10-20(16-33)14-23(22)35-18-39-26(27(38)36(2)17-19-8-6-5-7-9-19)28-37(3)24-15-21(29(30,31)32)11-13-25(24)40-28/h5-15,18,34H,4,17H2,1-3H3/b28-26-,35-18?. The average molecular weight is 582 g/mol. The maximum absolute atomic E-state index is 13.8. The van der Waals surface area contributed by atoms with Crippen molar-refractivity contribution in [2.24, 2.45) is 4.99 Å². The van der Waals surface area contributed by atoms with Gasteiger partial charge in [-0.2, -0.15) is 18.4 Å². The number of anilines is 2. The van der Waals surface area contributed by atoms with Crippen LogP contribution < -0.4 is 10.2 Å². The van der Waals surface area contributed by atoms with E-state index in [2.05, 4.69) is 16.4 Å². The maximum Gasteiger partial charge on any atom is 0.416 e. The molecule has 0 saturated heterocycles. The highest BCUT2D eigenvalue weighted by Gasteiger charge is 2.35. The van der Waals surface area contributed by atoms with Gasteiger partial charge in [-0.15, -0.1) is 0 Å². The average Bonchev–Trinajstić information content (AvgIpc) is 3.27. The Balaban J connectivity index is 1.70. The van der Waals surface area contributed by atoms with Gasteiger partial charge < -0.3 is 15.1 Å². The molecule has 0 unspecified atom stereocenters. The van der Waals surface area contributed by atoms with Gasteiger partial charge in [0.05, 0.1) is 44.8 Å². The van der Waals surface area contributed by atoms with E-state index in [0.717, 1.165) is 35.1 Å². The number of hydrogen-bond acceptors (Lipinski definition) is 7. The van der Waals surface area contributed by atoms with E-state index in [-0.39, 0.29) is 5.91 Å². The van der Waals surface area contributed by atoms with Crippen molar-refractivity contribution < 1.29 is 18.0 Å². The van der Waals surface area contributed by atoms with Crippen LogP contribution in [0.15, 0.2) is 86.6 Å². The molecule has 1 heterocycles. The number of halogens is 3. The molecule has 0 radical (unpaired) electrons. The monoisotopic (exact) mass is 581 g/mol. The number of carbonyl (C=O) groups is 1. The zero-order chi connectivity index (χ0) is 28.9. The second kappa shape index (κ2) is 12.5. The Bertz CT molecular complexity index is 1500. The first-order chi connectivity index (χ1) is 19.1. The number of nitriles is 1. The van der Waals surface area contributed by atoms with E-state index in [0.29, 0.717) is 44.9 Å². The number of hydrogen-bond donors (Lipinski definition) is 1. The highest BCUT2D eigenvalue weighted by molar-refractivity contribution is 8.17. The molecule has 4 rings (SSSR count). The van der Waals surface area contributed by atoms with Crippen molar-refractivity contribution in [3.63, 3.8) is 0 Å². The Morgan fingerprint density at radius 2 is 1.93 bits per heavy atom. The number of benzene rings is 3. The number of fused-ring (bicyclic) bond motifs is 1. The van der Waals surface area contributed by atoms with Crippen LogP contribution in [-0.2, 0) is 17.5 Å². The lowest BCUT2D eigenvalue weighted by molar-refractivity contribution is -0.137. The number of nitrogens with zero attached hydrogens (tertiary/aromatic N) is 4. The molecule has 3 aromatic rings. The summed E-state index contributed by atoms with van der Waals surface area (Å²) in [4.78, 5) is 22.4. The summed E-state index contributed by atoms with van der Waals surface area (Å²) < 4.78 is 40.2. The smallest absolute Gasteiger partial charge is 0.384 e.